The second kappa shape index (κ2) is 5.75. The lowest BCUT2D eigenvalue weighted by molar-refractivity contribution is -0.153. The molecule has 76 valence electrons. The van der Waals surface area contributed by atoms with Crippen LogP contribution in [0.15, 0.2) is 12.7 Å². The lowest BCUT2D eigenvalue weighted by atomic mass is 10.2. The zero-order valence-electron chi connectivity index (χ0n) is 8.72. The Balaban J connectivity index is 3.47. The van der Waals surface area contributed by atoms with Gasteiger partial charge in [-0.15, -0.1) is 6.58 Å². The number of carbonyl (C=O) groups excluding carboxylic acids is 1. The molecule has 0 aromatic heterocycles. The molecule has 0 aromatic rings. The summed E-state index contributed by atoms with van der Waals surface area (Å²) >= 11 is 0. The van der Waals surface area contributed by atoms with Gasteiger partial charge in [-0.05, 0) is 33.7 Å². The molecular weight excluding hydrogens is 166 g/mol. The van der Waals surface area contributed by atoms with Gasteiger partial charge in [0.05, 0.1) is 6.54 Å². The van der Waals surface area contributed by atoms with Crippen molar-refractivity contribution in [1.29, 1.82) is 0 Å². The van der Waals surface area contributed by atoms with E-state index in [4.69, 9.17) is 4.74 Å². The Kier molecular flexibility index (Phi) is 5.39. The fraction of sp³-hybridized carbons (Fsp3) is 0.700. The van der Waals surface area contributed by atoms with Crippen molar-refractivity contribution in [2.45, 2.75) is 32.8 Å². The fourth-order valence-corrected chi connectivity index (χ4v) is 0.772. The van der Waals surface area contributed by atoms with Crippen molar-refractivity contribution in [3.05, 3.63) is 12.7 Å². The van der Waals surface area contributed by atoms with Crippen LogP contribution in [0.1, 0.15) is 27.2 Å². The van der Waals surface area contributed by atoms with Crippen LogP contribution in [-0.2, 0) is 9.53 Å². The highest BCUT2D eigenvalue weighted by molar-refractivity contribution is 5.72. The summed E-state index contributed by atoms with van der Waals surface area (Å²) in [5, 5.41) is 2.96. The molecule has 0 fully saturated rings. The standard InChI is InChI=1S/C10H19NO2/c1-5-6-7-11-8-9(12)13-10(2,3)4/h5,11H,1,6-8H2,2-4H3. The Bertz CT molecular complexity index is 170. The number of nitrogens with one attached hydrogen (secondary N) is 1. The van der Waals surface area contributed by atoms with Crippen molar-refractivity contribution in [3.8, 4) is 0 Å². The number of hydrogen-bond acceptors (Lipinski definition) is 3. The maximum absolute atomic E-state index is 11.1. The van der Waals surface area contributed by atoms with Crippen LogP contribution in [0.3, 0.4) is 0 Å². The second-order valence-electron chi connectivity index (χ2n) is 3.84. The number of carbonyl (C=O) groups is 1. The largest absolute Gasteiger partial charge is 0.459 e. The Labute approximate surface area is 80.2 Å². The molecule has 3 nitrogen and oxygen atoms in total. The predicted octanol–water partition coefficient (Wildman–Crippen LogP) is 1.49. The molecule has 0 aliphatic carbocycles. The van der Waals surface area contributed by atoms with Gasteiger partial charge >= 0.3 is 5.97 Å². The topological polar surface area (TPSA) is 38.3 Å². The first-order valence-electron chi connectivity index (χ1n) is 4.49. The van der Waals surface area contributed by atoms with E-state index in [0.29, 0.717) is 0 Å². The summed E-state index contributed by atoms with van der Waals surface area (Å²) in [4.78, 5) is 11.1. The number of rotatable bonds is 5. The summed E-state index contributed by atoms with van der Waals surface area (Å²) in [5.74, 6) is -0.212. The van der Waals surface area contributed by atoms with Crippen LogP contribution in [-0.4, -0.2) is 24.7 Å². The highest BCUT2D eigenvalue weighted by Gasteiger charge is 2.15. The molecule has 0 saturated heterocycles. The minimum Gasteiger partial charge on any atom is -0.459 e. The SMILES string of the molecule is C=CCCNCC(=O)OC(C)(C)C. The Morgan fingerprint density at radius 1 is 1.54 bits per heavy atom. The van der Waals surface area contributed by atoms with Crippen LogP contribution >= 0.6 is 0 Å². The van der Waals surface area contributed by atoms with Gasteiger partial charge in [0.2, 0.25) is 0 Å². The second-order valence-corrected chi connectivity index (χ2v) is 3.84. The molecule has 13 heavy (non-hydrogen) atoms. The molecule has 0 rings (SSSR count). The van der Waals surface area contributed by atoms with E-state index >= 15 is 0 Å². The zero-order chi connectivity index (χ0) is 10.3. The smallest absolute Gasteiger partial charge is 0.320 e. The Morgan fingerprint density at radius 3 is 2.62 bits per heavy atom. The lowest BCUT2D eigenvalue weighted by Crippen LogP contribution is -2.31. The summed E-state index contributed by atoms with van der Waals surface area (Å²) in [5.41, 5.74) is -0.392. The lowest BCUT2D eigenvalue weighted by Gasteiger charge is -2.19. The molecule has 0 heterocycles. The Morgan fingerprint density at radius 2 is 2.15 bits per heavy atom. The molecule has 0 aliphatic heterocycles. The molecule has 0 saturated carbocycles. The minimum absolute atomic E-state index is 0.212. The average molecular weight is 185 g/mol. The van der Waals surface area contributed by atoms with Gasteiger partial charge in [0.15, 0.2) is 0 Å². The molecule has 3 heteroatoms. The van der Waals surface area contributed by atoms with Gasteiger partial charge in [0.25, 0.3) is 0 Å². The van der Waals surface area contributed by atoms with E-state index in [0.717, 1.165) is 13.0 Å². The van der Waals surface area contributed by atoms with Crippen LogP contribution in [0.5, 0.6) is 0 Å². The van der Waals surface area contributed by atoms with E-state index in [2.05, 4.69) is 11.9 Å². The summed E-state index contributed by atoms with van der Waals surface area (Å²) in [6.07, 6.45) is 2.67. The number of esters is 1. The van der Waals surface area contributed by atoms with E-state index in [1.807, 2.05) is 26.8 Å². The van der Waals surface area contributed by atoms with Gasteiger partial charge in [0.1, 0.15) is 5.60 Å². The molecule has 0 bridgehead atoms. The van der Waals surface area contributed by atoms with Crippen LogP contribution in [0.25, 0.3) is 0 Å². The average Bonchev–Trinajstić information content (AvgIpc) is 1.94. The normalized spacial score (nSPS) is 11.0. The summed E-state index contributed by atoms with van der Waals surface area (Å²) in [6, 6.07) is 0. The quantitative estimate of drug-likeness (QED) is 0.400. The summed E-state index contributed by atoms with van der Waals surface area (Å²) in [7, 11) is 0. The predicted molar refractivity (Wildman–Crippen MR) is 53.5 cm³/mol. The maximum atomic E-state index is 11.1. The van der Waals surface area contributed by atoms with Gasteiger partial charge in [-0.2, -0.15) is 0 Å². The fourth-order valence-electron chi connectivity index (χ4n) is 0.772. The third-order valence-corrected chi connectivity index (χ3v) is 1.21. The molecule has 1 N–H and O–H groups in total. The van der Waals surface area contributed by atoms with Crippen molar-refractivity contribution in [3.63, 3.8) is 0 Å². The molecule has 0 unspecified atom stereocenters. The third kappa shape index (κ3) is 9.08. The van der Waals surface area contributed by atoms with Gasteiger partial charge < -0.3 is 10.1 Å². The monoisotopic (exact) mass is 185 g/mol. The molecule has 0 spiro atoms. The van der Waals surface area contributed by atoms with Gasteiger partial charge in [-0.1, -0.05) is 6.08 Å². The van der Waals surface area contributed by atoms with Gasteiger partial charge in [-0.3, -0.25) is 4.79 Å². The first-order valence-corrected chi connectivity index (χ1v) is 4.49. The van der Waals surface area contributed by atoms with Crippen molar-refractivity contribution < 1.29 is 9.53 Å². The van der Waals surface area contributed by atoms with E-state index in [1.165, 1.54) is 0 Å². The van der Waals surface area contributed by atoms with Crippen LogP contribution in [0.4, 0.5) is 0 Å². The summed E-state index contributed by atoms with van der Waals surface area (Å²) < 4.78 is 5.09. The van der Waals surface area contributed by atoms with Crippen molar-refractivity contribution in [2.24, 2.45) is 0 Å². The molecule has 0 radical (unpaired) electrons. The molecule has 0 atom stereocenters. The van der Waals surface area contributed by atoms with Crippen LogP contribution in [0, 0.1) is 0 Å². The first-order chi connectivity index (χ1) is 5.95. The highest BCUT2D eigenvalue weighted by atomic mass is 16.6. The highest BCUT2D eigenvalue weighted by Crippen LogP contribution is 2.05. The Hall–Kier alpha value is -0.830. The maximum Gasteiger partial charge on any atom is 0.320 e. The molecule has 0 aromatic carbocycles. The van der Waals surface area contributed by atoms with Gasteiger partial charge in [-0.25, -0.2) is 0 Å². The molecule has 0 aliphatic rings. The van der Waals surface area contributed by atoms with E-state index in [9.17, 15) is 4.79 Å². The molecule has 0 amide bonds. The number of ether oxygens (including phenoxy) is 1. The van der Waals surface area contributed by atoms with E-state index in [1.54, 1.807) is 0 Å². The zero-order valence-corrected chi connectivity index (χ0v) is 8.72. The van der Waals surface area contributed by atoms with E-state index in [-0.39, 0.29) is 12.5 Å². The van der Waals surface area contributed by atoms with Crippen LogP contribution in [0.2, 0.25) is 0 Å². The minimum atomic E-state index is -0.392. The molecular formula is C10H19NO2. The third-order valence-electron chi connectivity index (χ3n) is 1.21. The van der Waals surface area contributed by atoms with Crippen molar-refractivity contribution >= 4 is 5.97 Å². The van der Waals surface area contributed by atoms with Crippen LogP contribution < -0.4 is 5.32 Å². The van der Waals surface area contributed by atoms with Crippen molar-refractivity contribution in [1.82, 2.24) is 5.32 Å². The van der Waals surface area contributed by atoms with Crippen molar-refractivity contribution in [2.75, 3.05) is 13.1 Å². The first kappa shape index (κ1) is 12.2. The number of hydrogen-bond donors (Lipinski definition) is 1. The van der Waals surface area contributed by atoms with E-state index < -0.39 is 5.60 Å². The van der Waals surface area contributed by atoms with Gasteiger partial charge in [0, 0.05) is 0 Å². The summed E-state index contributed by atoms with van der Waals surface area (Å²) in [6.45, 7) is 10.2.